The Hall–Kier alpha value is -0.890. The molecule has 0 saturated heterocycles. The van der Waals surface area contributed by atoms with Gasteiger partial charge in [0.15, 0.2) is 0 Å². The fraction of sp³-hybridized carbons (Fsp3) is 0.615. The monoisotopic (exact) mass is 206 g/mol. The lowest BCUT2D eigenvalue weighted by molar-refractivity contribution is 0.262. The van der Waals surface area contributed by atoms with E-state index < -0.39 is 0 Å². The van der Waals surface area contributed by atoms with Crippen molar-refractivity contribution < 1.29 is 0 Å². The van der Waals surface area contributed by atoms with Gasteiger partial charge in [-0.1, -0.05) is 13.8 Å². The molecule has 0 radical (unpaired) electrons. The van der Waals surface area contributed by atoms with Crippen LogP contribution in [0.5, 0.6) is 0 Å². The molecule has 0 amide bonds. The number of nitrogens with zero attached hydrogens (tertiary/aromatic N) is 2. The smallest absolute Gasteiger partial charge is 0.0546 e. The van der Waals surface area contributed by atoms with Gasteiger partial charge in [0, 0.05) is 18.8 Å². The number of aromatic nitrogens is 1. The highest BCUT2D eigenvalue weighted by atomic mass is 15.1. The van der Waals surface area contributed by atoms with Gasteiger partial charge in [-0.05, 0) is 44.5 Å². The maximum Gasteiger partial charge on any atom is 0.0546 e. The van der Waals surface area contributed by atoms with Crippen molar-refractivity contribution in [2.24, 2.45) is 0 Å². The van der Waals surface area contributed by atoms with Gasteiger partial charge in [0.1, 0.15) is 0 Å². The molecular weight excluding hydrogens is 184 g/mol. The van der Waals surface area contributed by atoms with Gasteiger partial charge < -0.3 is 0 Å². The summed E-state index contributed by atoms with van der Waals surface area (Å²) >= 11 is 0. The molecule has 0 fully saturated rings. The van der Waals surface area contributed by atoms with Crippen LogP contribution in [0.2, 0.25) is 0 Å². The van der Waals surface area contributed by atoms with Crippen LogP contribution in [0.1, 0.15) is 44.9 Å². The topological polar surface area (TPSA) is 16.1 Å². The van der Waals surface area contributed by atoms with E-state index in [1.807, 2.05) is 6.20 Å². The van der Waals surface area contributed by atoms with Crippen molar-refractivity contribution in [1.29, 1.82) is 0 Å². The first-order valence-electron chi connectivity index (χ1n) is 5.65. The third kappa shape index (κ3) is 3.63. The molecule has 0 saturated carbocycles. The Kier molecular flexibility index (Phi) is 4.28. The Labute approximate surface area is 93.3 Å². The molecule has 0 aliphatic heterocycles. The lowest BCUT2D eigenvalue weighted by Crippen LogP contribution is -2.26. The summed E-state index contributed by atoms with van der Waals surface area (Å²) in [6, 6.07) is 4.88. The van der Waals surface area contributed by atoms with E-state index in [0.29, 0.717) is 12.0 Å². The summed E-state index contributed by atoms with van der Waals surface area (Å²) < 4.78 is 0. The second-order valence-corrected chi connectivity index (χ2v) is 4.74. The van der Waals surface area contributed by atoms with Crippen molar-refractivity contribution in [3.63, 3.8) is 0 Å². The van der Waals surface area contributed by atoms with Crippen molar-refractivity contribution in [2.45, 2.75) is 46.2 Å². The van der Waals surface area contributed by atoms with E-state index in [-0.39, 0.29) is 0 Å². The molecule has 1 rings (SSSR count). The van der Waals surface area contributed by atoms with Crippen molar-refractivity contribution in [3.8, 4) is 0 Å². The zero-order valence-electron chi connectivity index (χ0n) is 10.5. The van der Waals surface area contributed by atoms with Gasteiger partial charge >= 0.3 is 0 Å². The SMILES string of the molecule is CC(C)c1ccnc(CN(C)C(C)C)c1. The number of hydrogen-bond acceptors (Lipinski definition) is 2. The molecule has 1 aromatic heterocycles. The lowest BCUT2D eigenvalue weighted by atomic mass is 10.0. The van der Waals surface area contributed by atoms with Crippen LogP contribution >= 0.6 is 0 Å². The predicted molar refractivity (Wildman–Crippen MR) is 64.9 cm³/mol. The van der Waals surface area contributed by atoms with Crippen molar-refractivity contribution in [2.75, 3.05) is 7.05 Å². The zero-order chi connectivity index (χ0) is 11.4. The van der Waals surface area contributed by atoms with Crippen LogP contribution in [0.25, 0.3) is 0 Å². The van der Waals surface area contributed by atoms with Gasteiger partial charge in [0.25, 0.3) is 0 Å². The standard InChI is InChI=1S/C13H22N2/c1-10(2)12-6-7-14-13(8-12)9-15(5)11(3)4/h6-8,10-11H,9H2,1-5H3. The first kappa shape index (κ1) is 12.2. The summed E-state index contributed by atoms with van der Waals surface area (Å²) in [5.41, 5.74) is 2.54. The Bertz CT molecular complexity index is 305. The van der Waals surface area contributed by atoms with Crippen LogP contribution in [-0.2, 0) is 6.54 Å². The highest BCUT2D eigenvalue weighted by Crippen LogP contribution is 2.15. The first-order valence-corrected chi connectivity index (χ1v) is 5.65. The molecule has 0 atom stereocenters. The summed E-state index contributed by atoms with van der Waals surface area (Å²) in [6.07, 6.45) is 1.92. The fourth-order valence-corrected chi connectivity index (χ4v) is 1.38. The van der Waals surface area contributed by atoms with Crippen molar-refractivity contribution >= 4 is 0 Å². The average Bonchev–Trinajstić information content (AvgIpc) is 2.18. The molecule has 0 spiro atoms. The van der Waals surface area contributed by atoms with Crippen molar-refractivity contribution in [3.05, 3.63) is 29.6 Å². The Morgan fingerprint density at radius 1 is 1.27 bits per heavy atom. The van der Waals surface area contributed by atoms with E-state index >= 15 is 0 Å². The van der Waals surface area contributed by atoms with Crippen LogP contribution in [0.4, 0.5) is 0 Å². The Morgan fingerprint density at radius 3 is 2.47 bits per heavy atom. The normalized spacial score (nSPS) is 11.7. The van der Waals surface area contributed by atoms with Crippen LogP contribution in [-0.4, -0.2) is 23.0 Å². The molecule has 2 nitrogen and oxygen atoms in total. The van der Waals surface area contributed by atoms with Crippen LogP contribution in [0.15, 0.2) is 18.3 Å². The third-order valence-electron chi connectivity index (χ3n) is 2.80. The molecule has 0 aromatic carbocycles. The number of pyridine rings is 1. The van der Waals surface area contributed by atoms with Crippen LogP contribution in [0.3, 0.4) is 0 Å². The molecular formula is C13H22N2. The molecule has 1 heterocycles. The highest BCUT2D eigenvalue weighted by molar-refractivity contribution is 5.19. The minimum atomic E-state index is 0.564. The van der Waals surface area contributed by atoms with E-state index in [0.717, 1.165) is 12.2 Å². The van der Waals surface area contributed by atoms with Gasteiger partial charge in [-0.25, -0.2) is 0 Å². The van der Waals surface area contributed by atoms with Crippen LogP contribution < -0.4 is 0 Å². The van der Waals surface area contributed by atoms with Gasteiger partial charge in [0.05, 0.1) is 5.69 Å². The lowest BCUT2D eigenvalue weighted by Gasteiger charge is -2.20. The molecule has 0 N–H and O–H groups in total. The summed E-state index contributed by atoms with van der Waals surface area (Å²) in [7, 11) is 2.13. The molecule has 0 unspecified atom stereocenters. The molecule has 0 aliphatic carbocycles. The third-order valence-corrected chi connectivity index (χ3v) is 2.80. The van der Waals surface area contributed by atoms with E-state index in [1.165, 1.54) is 5.56 Å². The summed E-state index contributed by atoms with van der Waals surface area (Å²) in [5.74, 6) is 0.580. The molecule has 1 aromatic rings. The van der Waals surface area contributed by atoms with E-state index in [9.17, 15) is 0 Å². The highest BCUT2D eigenvalue weighted by Gasteiger charge is 2.06. The largest absolute Gasteiger partial charge is 0.298 e. The molecule has 2 heteroatoms. The summed E-state index contributed by atoms with van der Waals surface area (Å²) in [4.78, 5) is 6.70. The molecule has 84 valence electrons. The van der Waals surface area contributed by atoms with E-state index in [4.69, 9.17) is 0 Å². The van der Waals surface area contributed by atoms with Gasteiger partial charge in [-0.3, -0.25) is 9.88 Å². The van der Waals surface area contributed by atoms with Gasteiger partial charge in [-0.15, -0.1) is 0 Å². The van der Waals surface area contributed by atoms with E-state index in [1.54, 1.807) is 0 Å². The number of rotatable bonds is 4. The first-order chi connectivity index (χ1) is 7.00. The average molecular weight is 206 g/mol. The molecule has 0 bridgehead atoms. The van der Waals surface area contributed by atoms with Crippen molar-refractivity contribution in [1.82, 2.24) is 9.88 Å². The Morgan fingerprint density at radius 2 is 1.93 bits per heavy atom. The fourth-order valence-electron chi connectivity index (χ4n) is 1.38. The van der Waals surface area contributed by atoms with E-state index in [2.05, 4.69) is 56.8 Å². The zero-order valence-corrected chi connectivity index (χ0v) is 10.5. The second kappa shape index (κ2) is 5.26. The maximum atomic E-state index is 4.40. The van der Waals surface area contributed by atoms with Crippen LogP contribution in [0, 0.1) is 0 Å². The van der Waals surface area contributed by atoms with Gasteiger partial charge in [0.2, 0.25) is 0 Å². The summed E-state index contributed by atoms with van der Waals surface area (Å²) in [6.45, 7) is 9.76. The molecule has 0 aliphatic rings. The Balaban J connectivity index is 2.73. The summed E-state index contributed by atoms with van der Waals surface area (Å²) in [5, 5.41) is 0. The maximum absolute atomic E-state index is 4.40. The number of hydrogen-bond donors (Lipinski definition) is 0. The molecule has 15 heavy (non-hydrogen) atoms. The van der Waals surface area contributed by atoms with Gasteiger partial charge in [-0.2, -0.15) is 0 Å². The predicted octanol–water partition coefficient (Wildman–Crippen LogP) is 3.05. The second-order valence-electron chi connectivity index (χ2n) is 4.74. The quantitative estimate of drug-likeness (QED) is 0.752. The minimum absolute atomic E-state index is 0.564. The minimum Gasteiger partial charge on any atom is -0.298 e.